The summed E-state index contributed by atoms with van der Waals surface area (Å²) in [5.74, 6) is 0.836. The molecule has 0 spiro atoms. The average molecular weight is 301 g/mol. The van der Waals surface area contributed by atoms with Crippen molar-refractivity contribution in [3.63, 3.8) is 0 Å². The van der Waals surface area contributed by atoms with Crippen LogP contribution >= 0.6 is 0 Å². The molecule has 4 heteroatoms. The third-order valence-corrected chi connectivity index (χ3v) is 3.68. The van der Waals surface area contributed by atoms with E-state index in [0.29, 0.717) is 6.61 Å². The van der Waals surface area contributed by atoms with E-state index in [2.05, 4.69) is 27.1 Å². The van der Waals surface area contributed by atoms with E-state index in [9.17, 15) is 0 Å². The molecule has 0 fully saturated rings. The van der Waals surface area contributed by atoms with Gasteiger partial charge >= 0.3 is 0 Å². The van der Waals surface area contributed by atoms with Crippen LogP contribution in [0.2, 0.25) is 0 Å². The summed E-state index contributed by atoms with van der Waals surface area (Å²) in [6, 6.07) is 20.1. The summed E-state index contributed by atoms with van der Waals surface area (Å²) in [5.41, 5.74) is 4.72. The number of aromatic nitrogens is 3. The second kappa shape index (κ2) is 5.93. The van der Waals surface area contributed by atoms with E-state index in [1.54, 1.807) is 12.4 Å². The van der Waals surface area contributed by atoms with Crippen LogP contribution in [0.25, 0.3) is 22.4 Å². The Hall–Kier alpha value is -3.14. The van der Waals surface area contributed by atoms with Crippen molar-refractivity contribution in [3.05, 3.63) is 78.6 Å². The molecule has 0 atom stereocenters. The SMILES string of the molecule is c1ccc(COc2ccccc2-c2cc3nccnc3[nH]2)cc1. The molecular weight excluding hydrogens is 286 g/mol. The van der Waals surface area contributed by atoms with Gasteiger partial charge in [0.1, 0.15) is 17.9 Å². The van der Waals surface area contributed by atoms with Gasteiger partial charge in [-0.25, -0.2) is 4.98 Å². The lowest BCUT2D eigenvalue weighted by atomic mass is 10.1. The molecular formula is C19H15N3O. The summed E-state index contributed by atoms with van der Waals surface area (Å²) < 4.78 is 6.01. The highest BCUT2D eigenvalue weighted by Gasteiger charge is 2.10. The van der Waals surface area contributed by atoms with Gasteiger partial charge in [-0.05, 0) is 23.8 Å². The van der Waals surface area contributed by atoms with E-state index in [1.165, 1.54) is 0 Å². The maximum Gasteiger partial charge on any atom is 0.156 e. The normalized spacial score (nSPS) is 10.8. The first-order chi connectivity index (χ1) is 11.4. The highest BCUT2D eigenvalue weighted by atomic mass is 16.5. The highest BCUT2D eigenvalue weighted by molar-refractivity contribution is 5.81. The van der Waals surface area contributed by atoms with Crippen LogP contribution in [0.15, 0.2) is 73.1 Å². The molecule has 0 bridgehead atoms. The number of aromatic amines is 1. The zero-order chi connectivity index (χ0) is 15.5. The fourth-order valence-corrected chi connectivity index (χ4v) is 2.55. The molecule has 23 heavy (non-hydrogen) atoms. The molecule has 4 rings (SSSR count). The summed E-state index contributed by atoms with van der Waals surface area (Å²) in [6.07, 6.45) is 3.37. The number of fused-ring (bicyclic) bond motifs is 1. The predicted molar refractivity (Wildman–Crippen MR) is 90.1 cm³/mol. The monoisotopic (exact) mass is 301 g/mol. The lowest BCUT2D eigenvalue weighted by Crippen LogP contribution is -1.96. The Morgan fingerprint density at radius 3 is 2.52 bits per heavy atom. The third kappa shape index (κ3) is 2.79. The fourth-order valence-electron chi connectivity index (χ4n) is 2.55. The molecule has 0 aliphatic heterocycles. The minimum Gasteiger partial charge on any atom is -0.488 e. The number of nitrogens with zero attached hydrogens (tertiary/aromatic N) is 2. The van der Waals surface area contributed by atoms with Gasteiger partial charge in [0.15, 0.2) is 5.65 Å². The molecule has 4 aromatic rings. The van der Waals surface area contributed by atoms with E-state index < -0.39 is 0 Å². The maximum atomic E-state index is 6.01. The van der Waals surface area contributed by atoms with Gasteiger partial charge < -0.3 is 9.72 Å². The van der Waals surface area contributed by atoms with Crippen molar-refractivity contribution in [3.8, 4) is 17.0 Å². The second-order valence-corrected chi connectivity index (χ2v) is 5.24. The number of ether oxygens (including phenoxy) is 1. The van der Waals surface area contributed by atoms with E-state index in [-0.39, 0.29) is 0 Å². The van der Waals surface area contributed by atoms with E-state index >= 15 is 0 Å². The molecule has 0 aliphatic carbocycles. The number of H-pyrrole nitrogens is 1. The lowest BCUT2D eigenvalue weighted by Gasteiger charge is -2.10. The van der Waals surface area contributed by atoms with E-state index in [4.69, 9.17) is 4.74 Å². The van der Waals surface area contributed by atoms with E-state index in [1.807, 2.05) is 48.5 Å². The zero-order valence-corrected chi connectivity index (χ0v) is 12.4. The van der Waals surface area contributed by atoms with Crippen molar-refractivity contribution >= 4 is 11.2 Å². The number of hydrogen-bond acceptors (Lipinski definition) is 3. The van der Waals surface area contributed by atoms with Gasteiger partial charge in [0.05, 0.1) is 5.69 Å². The first kappa shape index (κ1) is 13.5. The van der Waals surface area contributed by atoms with Gasteiger partial charge in [0, 0.05) is 18.0 Å². The second-order valence-electron chi connectivity index (χ2n) is 5.24. The van der Waals surface area contributed by atoms with Crippen molar-refractivity contribution in [1.29, 1.82) is 0 Å². The maximum absolute atomic E-state index is 6.01. The minimum atomic E-state index is 0.536. The van der Waals surface area contributed by atoms with Crippen LogP contribution in [0, 0.1) is 0 Å². The molecule has 1 N–H and O–H groups in total. The zero-order valence-electron chi connectivity index (χ0n) is 12.4. The first-order valence-electron chi connectivity index (χ1n) is 7.46. The Morgan fingerprint density at radius 1 is 0.870 bits per heavy atom. The van der Waals surface area contributed by atoms with Gasteiger partial charge in [-0.3, -0.25) is 4.98 Å². The van der Waals surface area contributed by atoms with Crippen LogP contribution in [0.3, 0.4) is 0 Å². The lowest BCUT2D eigenvalue weighted by molar-refractivity contribution is 0.307. The molecule has 4 nitrogen and oxygen atoms in total. The molecule has 2 aromatic carbocycles. The van der Waals surface area contributed by atoms with Crippen LogP contribution in [0.1, 0.15) is 5.56 Å². The summed E-state index contributed by atoms with van der Waals surface area (Å²) in [7, 11) is 0. The van der Waals surface area contributed by atoms with Crippen LogP contribution in [-0.2, 0) is 6.61 Å². The van der Waals surface area contributed by atoms with Crippen LogP contribution in [0.4, 0.5) is 0 Å². The van der Waals surface area contributed by atoms with Gasteiger partial charge in [-0.1, -0.05) is 42.5 Å². The smallest absolute Gasteiger partial charge is 0.156 e. The number of para-hydroxylation sites is 1. The molecule has 0 aliphatic rings. The summed E-state index contributed by atoms with van der Waals surface area (Å²) >= 11 is 0. The fraction of sp³-hybridized carbons (Fsp3) is 0.0526. The molecule has 0 saturated carbocycles. The van der Waals surface area contributed by atoms with Crippen molar-refractivity contribution in [2.45, 2.75) is 6.61 Å². The van der Waals surface area contributed by atoms with Crippen LogP contribution in [0.5, 0.6) is 5.75 Å². The number of rotatable bonds is 4. The van der Waals surface area contributed by atoms with Crippen LogP contribution < -0.4 is 4.74 Å². The number of benzene rings is 2. The molecule has 0 unspecified atom stereocenters. The van der Waals surface area contributed by atoms with Crippen molar-refractivity contribution < 1.29 is 4.74 Å². The Morgan fingerprint density at radius 2 is 1.65 bits per heavy atom. The molecule has 2 heterocycles. The quantitative estimate of drug-likeness (QED) is 0.614. The van der Waals surface area contributed by atoms with Crippen molar-refractivity contribution in [2.24, 2.45) is 0 Å². The average Bonchev–Trinajstić information content (AvgIpc) is 3.05. The summed E-state index contributed by atoms with van der Waals surface area (Å²) in [4.78, 5) is 11.9. The Balaban J connectivity index is 1.66. The molecule has 112 valence electrons. The topological polar surface area (TPSA) is 50.8 Å². The van der Waals surface area contributed by atoms with Gasteiger partial charge in [0.2, 0.25) is 0 Å². The van der Waals surface area contributed by atoms with Gasteiger partial charge in [0.25, 0.3) is 0 Å². The van der Waals surface area contributed by atoms with Crippen molar-refractivity contribution in [2.75, 3.05) is 0 Å². The van der Waals surface area contributed by atoms with Gasteiger partial charge in [-0.15, -0.1) is 0 Å². The summed E-state index contributed by atoms with van der Waals surface area (Å²) in [5, 5.41) is 0. The van der Waals surface area contributed by atoms with Gasteiger partial charge in [-0.2, -0.15) is 0 Å². The summed E-state index contributed by atoms with van der Waals surface area (Å²) in [6.45, 7) is 0.536. The Kier molecular flexibility index (Phi) is 3.48. The number of nitrogens with one attached hydrogen (secondary N) is 1. The largest absolute Gasteiger partial charge is 0.488 e. The Labute approximate surface area is 133 Å². The number of hydrogen-bond donors (Lipinski definition) is 1. The standard InChI is InChI=1S/C19H15N3O/c1-2-6-14(7-3-1)13-23-18-9-5-4-8-15(18)16-12-17-19(22-16)21-11-10-20-17/h1-12H,13H2,(H,21,22). The van der Waals surface area contributed by atoms with Crippen molar-refractivity contribution in [1.82, 2.24) is 15.0 Å². The molecule has 0 amide bonds. The Bertz CT molecular complexity index is 898. The molecule has 0 saturated heterocycles. The third-order valence-electron chi connectivity index (χ3n) is 3.68. The molecule has 2 aromatic heterocycles. The minimum absolute atomic E-state index is 0.536. The van der Waals surface area contributed by atoms with E-state index in [0.717, 1.165) is 33.7 Å². The predicted octanol–water partition coefficient (Wildman–Crippen LogP) is 4.20. The molecule has 0 radical (unpaired) electrons. The first-order valence-corrected chi connectivity index (χ1v) is 7.46. The van der Waals surface area contributed by atoms with Crippen LogP contribution in [-0.4, -0.2) is 15.0 Å². The highest BCUT2D eigenvalue weighted by Crippen LogP contribution is 2.31.